The Morgan fingerprint density at radius 3 is 2.69 bits per heavy atom. The fraction of sp³-hybridized carbons (Fsp3) is 0.556. The molecule has 0 amide bonds. The van der Waals surface area contributed by atoms with Gasteiger partial charge in [-0.1, -0.05) is 12.0 Å². The van der Waals surface area contributed by atoms with Crippen LogP contribution in [-0.4, -0.2) is 11.0 Å². The topological polar surface area (TPSA) is 46.5 Å². The molecule has 0 heterocycles. The summed E-state index contributed by atoms with van der Waals surface area (Å²) >= 11 is 0. The molecule has 0 saturated carbocycles. The molecule has 0 saturated heterocycles. The molecule has 1 N–H and O–H groups in total. The van der Waals surface area contributed by atoms with Crippen LogP contribution in [0.3, 0.4) is 0 Å². The molecular formula is C9H15O3P. The van der Waals surface area contributed by atoms with E-state index in [1.165, 1.54) is 0 Å². The molecule has 0 rings (SSSR count). The summed E-state index contributed by atoms with van der Waals surface area (Å²) in [6, 6.07) is 0. The molecule has 0 aromatic heterocycles. The summed E-state index contributed by atoms with van der Waals surface area (Å²) in [4.78, 5) is 8.63. The molecule has 2 atom stereocenters. The van der Waals surface area contributed by atoms with Crippen molar-refractivity contribution in [2.24, 2.45) is 5.41 Å². The molecule has 0 aliphatic heterocycles. The Balaban J connectivity index is 4.51. The molecule has 2 unspecified atom stereocenters. The first-order valence-corrected chi connectivity index (χ1v) is 5.18. The number of rotatable bonds is 5. The third-order valence-corrected chi connectivity index (χ3v) is 2.29. The Kier molecular flexibility index (Phi) is 5.02. The first kappa shape index (κ1) is 12.4. The van der Waals surface area contributed by atoms with Crippen LogP contribution < -0.4 is 0 Å². The molecule has 3 nitrogen and oxygen atoms in total. The van der Waals surface area contributed by atoms with Gasteiger partial charge < -0.3 is 9.42 Å². The van der Waals surface area contributed by atoms with Crippen molar-refractivity contribution < 1.29 is 14.0 Å². The van der Waals surface area contributed by atoms with Crippen LogP contribution in [0.5, 0.6) is 0 Å². The van der Waals surface area contributed by atoms with E-state index >= 15 is 0 Å². The Morgan fingerprint density at radius 1 is 1.85 bits per heavy atom. The number of terminal acetylenes is 1. The van der Waals surface area contributed by atoms with Crippen molar-refractivity contribution in [1.82, 2.24) is 0 Å². The second-order valence-electron chi connectivity index (χ2n) is 3.26. The van der Waals surface area contributed by atoms with E-state index in [4.69, 9.17) is 15.8 Å². The van der Waals surface area contributed by atoms with E-state index in [0.717, 1.165) is 0 Å². The van der Waals surface area contributed by atoms with Gasteiger partial charge in [-0.2, -0.15) is 0 Å². The van der Waals surface area contributed by atoms with E-state index in [2.05, 4.69) is 12.5 Å². The summed E-state index contributed by atoms with van der Waals surface area (Å²) in [5.74, 6) is 2.53. The monoisotopic (exact) mass is 202 g/mol. The first-order valence-electron chi connectivity index (χ1n) is 3.92. The highest BCUT2D eigenvalue weighted by molar-refractivity contribution is 7.32. The fourth-order valence-electron chi connectivity index (χ4n) is 0.856. The van der Waals surface area contributed by atoms with Crippen LogP contribution in [0, 0.1) is 17.8 Å². The van der Waals surface area contributed by atoms with Gasteiger partial charge >= 0.3 is 8.25 Å². The molecule has 0 aliphatic rings. The SMILES string of the molecule is C#CC(C)(C)C(CC=C)O[PH](=O)O. The summed E-state index contributed by atoms with van der Waals surface area (Å²) < 4.78 is 15.3. The largest absolute Gasteiger partial charge is 0.326 e. The Hall–Kier alpha value is -0.550. The van der Waals surface area contributed by atoms with Gasteiger partial charge in [0.2, 0.25) is 0 Å². The van der Waals surface area contributed by atoms with Crippen molar-refractivity contribution in [2.45, 2.75) is 26.4 Å². The molecule has 0 radical (unpaired) electrons. The van der Waals surface area contributed by atoms with Crippen molar-refractivity contribution >= 4 is 8.25 Å². The lowest BCUT2D eigenvalue weighted by Gasteiger charge is -2.27. The molecule has 0 spiro atoms. The normalized spacial score (nSPS) is 15.8. The zero-order valence-corrected chi connectivity index (χ0v) is 8.91. The van der Waals surface area contributed by atoms with Gasteiger partial charge in [-0.3, -0.25) is 4.57 Å². The summed E-state index contributed by atoms with van der Waals surface area (Å²) in [5, 5.41) is 0. The maximum Gasteiger partial charge on any atom is 0.316 e. The van der Waals surface area contributed by atoms with Crippen LogP contribution in [0.25, 0.3) is 0 Å². The fourth-order valence-corrected chi connectivity index (χ4v) is 1.49. The second-order valence-corrected chi connectivity index (χ2v) is 4.03. The predicted molar refractivity (Wildman–Crippen MR) is 53.5 cm³/mol. The first-order chi connectivity index (χ1) is 5.94. The molecule has 74 valence electrons. The Labute approximate surface area is 79.8 Å². The number of hydrogen-bond acceptors (Lipinski definition) is 2. The smallest absolute Gasteiger partial charge is 0.316 e. The van der Waals surface area contributed by atoms with Crippen molar-refractivity contribution in [2.75, 3.05) is 0 Å². The van der Waals surface area contributed by atoms with Crippen LogP contribution in [0.4, 0.5) is 0 Å². The average molecular weight is 202 g/mol. The minimum atomic E-state index is -2.94. The van der Waals surface area contributed by atoms with Gasteiger partial charge in [-0.25, -0.2) is 0 Å². The average Bonchev–Trinajstić information content (AvgIpc) is 2.03. The second kappa shape index (κ2) is 5.24. The third-order valence-electron chi connectivity index (χ3n) is 1.80. The molecule has 0 fully saturated rings. The Morgan fingerprint density at radius 2 is 2.38 bits per heavy atom. The lowest BCUT2D eigenvalue weighted by molar-refractivity contribution is 0.110. The molecule has 4 heteroatoms. The maximum atomic E-state index is 10.5. The van der Waals surface area contributed by atoms with Gasteiger partial charge in [0, 0.05) is 0 Å². The molecule has 0 aliphatic carbocycles. The standard InChI is InChI=1S/C9H15O3P/c1-5-7-8(12-13(10)11)9(3,4)6-2/h2,5,8,13H,1,7H2,3-4H3,(H,10,11). The lowest BCUT2D eigenvalue weighted by atomic mass is 9.86. The highest BCUT2D eigenvalue weighted by Crippen LogP contribution is 2.32. The summed E-state index contributed by atoms with van der Waals surface area (Å²) in [5.41, 5.74) is -0.558. The van der Waals surface area contributed by atoms with Crippen molar-refractivity contribution in [3.63, 3.8) is 0 Å². The molecular weight excluding hydrogens is 187 g/mol. The zero-order valence-electron chi connectivity index (χ0n) is 7.91. The summed E-state index contributed by atoms with van der Waals surface area (Å²) in [6.45, 7) is 7.10. The van der Waals surface area contributed by atoms with Crippen molar-refractivity contribution in [1.29, 1.82) is 0 Å². The van der Waals surface area contributed by atoms with Gasteiger partial charge in [-0.05, 0) is 20.3 Å². The number of hydrogen-bond donors (Lipinski definition) is 1. The molecule has 13 heavy (non-hydrogen) atoms. The van der Waals surface area contributed by atoms with E-state index in [9.17, 15) is 4.57 Å². The van der Waals surface area contributed by atoms with E-state index < -0.39 is 19.8 Å². The van der Waals surface area contributed by atoms with Crippen molar-refractivity contribution in [3.05, 3.63) is 12.7 Å². The summed E-state index contributed by atoms with van der Waals surface area (Å²) in [7, 11) is -2.94. The lowest BCUT2D eigenvalue weighted by Crippen LogP contribution is -2.28. The quantitative estimate of drug-likeness (QED) is 0.421. The van der Waals surface area contributed by atoms with Gasteiger partial charge in [0.1, 0.15) is 0 Å². The minimum Gasteiger partial charge on any atom is -0.326 e. The molecule has 0 aromatic carbocycles. The van der Waals surface area contributed by atoms with E-state index in [-0.39, 0.29) is 0 Å². The minimum absolute atomic E-state index is 0.452. The third kappa shape index (κ3) is 4.28. The van der Waals surface area contributed by atoms with Crippen LogP contribution in [0.1, 0.15) is 20.3 Å². The van der Waals surface area contributed by atoms with Crippen LogP contribution in [0.15, 0.2) is 12.7 Å². The van der Waals surface area contributed by atoms with Crippen LogP contribution in [0.2, 0.25) is 0 Å². The van der Waals surface area contributed by atoms with Crippen LogP contribution in [-0.2, 0) is 9.09 Å². The highest BCUT2D eigenvalue weighted by atomic mass is 31.1. The van der Waals surface area contributed by atoms with Crippen molar-refractivity contribution in [3.8, 4) is 12.3 Å². The predicted octanol–water partition coefficient (Wildman–Crippen LogP) is 1.99. The summed E-state index contributed by atoms with van der Waals surface area (Å²) in [6.07, 6.45) is 6.91. The van der Waals surface area contributed by atoms with E-state index in [0.29, 0.717) is 6.42 Å². The van der Waals surface area contributed by atoms with Crippen LogP contribution >= 0.6 is 8.25 Å². The molecule has 0 bridgehead atoms. The van der Waals surface area contributed by atoms with E-state index in [1.807, 2.05) is 0 Å². The van der Waals surface area contributed by atoms with Gasteiger partial charge in [-0.15, -0.1) is 13.0 Å². The van der Waals surface area contributed by atoms with E-state index in [1.54, 1.807) is 19.9 Å². The van der Waals surface area contributed by atoms with Gasteiger partial charge in [0.05, 0.1) is 11.5 Å². The van der Waals surface area contributed by atoms with Gasteiger partial charge in [0.25, 0.3) is 0 Å². The highest BCUT2D eigenvalue weighted by Gasteiger charge is 2.28. The Bertz CT molecular complexity index is 240. The van der Waals surface area contributed by atoms with Gasteiger partial charge in [0.15, 0.2) is 0 Å². The molecule has 0 aromatic rings. The maximum absolute atomic E-state index is 10.5. The zero-order chi connectivity index (χ0) is 10.5.